The van der Waals surface area contributed by atoms with Crippen molar-refractivity contribution in [3.63, 3.8) is 0 Å². The molecule has 0 aliphatic carbocycles. The Morgan fingerprint density at radius 3 is 1.62 bits per heavy atom. The summed E-state index contributed by atoms with van der Waals surface area (Å²) in [6.45, 7) is 14.6. The first-order valence-electron chi connectivity index (χ1n) is 6.63. The molecule has 2 fully saturated rings. The van der Waals surface area contributed by atoms with Gasteiger partial charge in [-0.2, -0.15) is 0 Å². The van der Waals surface area contributed by atoms with Crippen molar-refractivity contribution in [2.45, 2.75) is 6.92 Å². The van der Waals surface area contributed by atoms with E-state index in [1.54, 1.807) is 0 Å². The first-order chi connectivity index (χ1) is 7.78. The van der Waals surface area contributed by atoms with Crippen molar-refractivity contribution in [2.24, 2.45) is 0 Å². The van der Waals surface area contributed by atoms with Crippen LogP contribution in [0.5, 0.6) is 0 Å². The molecule has 2 rings (SSSR count). The number of rotatable bonds is 3. The maximum atomic E-state index is 2.61. The lowest BCUT2D eigenvalue weighted by atomic mass is 10.3. The van der Waals surface area contributed by atoms with Gasteiger partial charge in [-0.25, -0.2) is 0 Å². The molecule has 2 heterocycles. The zero-order chi connectivity index (χ0) is 11.4. The largest absolute Gasteiger partial charge is 0.304 e. The van der Waals surface area contributed by atoms with Gasteiger partial charge in [0.1, 0.15) is 0 Å². The first-order valence-corrected chi connectivity index (χ1v) is 6.63. The highest BCUT2D eigenvalue weighted by molar-refractivity contribution is 4.74. The summed E-state index contributed by atoms with van der Waals surface area (Å²) in [5.41, 5.74) is 0. The molecule has 0 atom stereocenters. The van der Waals surface area contributed by atoms with E-state index in [1.807, 2.05) is 0 Å². The van der Waals surface area contributed by atoms with Crippen LogP contribution >= 0.6 is 0 Å². The first kappa shape index (κ1) is 12.3. The minimum Gasteiger partial charge on any atom is -0.304 e. The van der Waals surface area contributed by atoms with Crippen LogP contribution in [0.15, 0.2) is 0 Å². The zero-order valence-corrected chi connectivity index (χ0v) is 10.9. The standard InChI is InChI=1S/C12H26N4/c1-3-14-8-10-16(11-9-14)12-15-6-4-13(2)5-7-15/h3-12H2,1-2H3. The van der Waals surface area contributed by atoms with Gasteiger partial charge in [-0.15, -0.1) is 0 Å². The summed E-state index contributed by atoms with van der Waals surface area (Å²) in [5, 5.41) is 0. The van der Waals surface area contributed by atoms with Crippen molar-refractivity contribution in [2.75, 3.05) is 72.6 Å². The lowest BCUT2D eigenvalue weighted by molar-refractivity contribution is 0.0515. The Morgan fingerprint density at radius 1 is 0.688 bits per heavy atom. The highest BCUT2D eigenvalue weighted by Gasteiger charge is 2.19. The molecule has 0 radical (unpaired) electrons. The van der Waals surface area contributed by atoms with Crippen molar-refractivity contribution in [1.29, 1.82) is 0 Å². The molecule has 16 heavy (non-hydrogen) atoms. The van der Waals surface area contributed by atoms with E-state index in [9.17, 15) is 0 Å². The molecule has 0 spiro atoms. The van der Waals surface area contributed by atoms with Gasteiger partial charge in [0.15, 0.2) is 0 Å². The maximum absolute atomic E-state index is 2.61. The second-order valence-corrected chi connectivity index (χ2v) is 5.12. The summed E-state index contributed by atoms with van der Waals surface area (Å²) >= 11 is 0. The van der Waals surface area contributed by atoms with Gasteiger partial charge >= 0.3 is 0 Å². The van der Waals surface area contributed by atoms with Crippen LogP contribution in [-0.4, -0.2) is 92.2 Å². The van der Waals surface area contributed by atoms with Crippen LogP contribution in [0.25, 0.3) is 0 Å². The van der Waals surface area contributed by atoms with Crippen molar-refractivity contribution < 1.29 is 0 Å². The maximum Gasteiger partial charge on any atom is 0.0508 e. The minimum absolute atomic E-state index is 1.19. The third-order valence-electron chi connectivity index (χ3n) is 3.91. The highest BCUT2D eigenvalue weighted by atomic mass is 15.4. The summed E-state index contributed by atoms with van der Waals surface area (Å²) in [4.78, 5) is 10.2. The average Bonchev–Trinajstić information content (AvgIpc) is 2.33. The summed E-state index contributed by atoms with van der Waals surface area (Å²) < 4.78 is 0. The molecule has 2 aliphatic rings. The molecule has 4 heteroatoms. The molecular weight excluding hydrogens is 200 g/mol. The molecule has 0 unspecified atom stereocenters. The van der Waals surface area contributed by atoms with Crippen molar-refractivity contribution in [3.8, 4) is 0 Å². The van der Waals surface area contributed by atoms with Crippen LogP contribution in [0.4, 0.5) is 0 Å². The summed E-state index contributed by atoms with van der Waals surface area (Å²) in [5.74, 6) is 0. The van der Waals surface area contributed by atoms with Gasteiger partial charge in [-0.1, -0.05) is 6.92 Å². The number of piperazine rings is 2. The van der Waals surface area contributed by atoms with Gasteiger partial charge in [0.25, 0.3) is 0 Å². The van der Waals surface area contributed by atoms with Crippen molar-refractivity contribution in [3.05, 3.63) is 0 Å². The van der Waals surface area contributed by atoms with E-state index in [0.29, 0.717) is 0 Å². The van der Waals surface area contributed by atoms with Crippen LogP contribution in [0.2, 0.25) is 0 Å². The normalized spacial score (nSPS) is 27.4. The van der Waals surface area contributed by atoms with Crippen LogP contribution in [0, 0.1) is 0 Å². The second-order valence-electron chi connectivity index (χ2n) is 5.12. The molecule has 4 nitrogen and oxygen atoms in total. The predicted octanol–water partition coefficient (Wildman–Crippen LogP) is -0.171. The Balaban J connectivity index is 1.66. The van der Waals surface area contributed by atoms with Crippen LogP contribution in [-0.2, 0) is 0 Å². The van der Waals surface area contributed by atoms with E-state index in [-0.39, 0.29) is 0 Å². The Hall–Kier alpha value is -0.160. The third-order valence-corrected chi connectivity index (χ3v) is 3.91. The van der Waals surface area contributed by atoms with E-state index in [0.717, 1.165) is 0 Å². The Kier molecular flexibility index (Phi) is 4.58. The van der Waals surface area contributed by atoms with Crippen LogP contribution in [0.3, 0.4) is 0 Å². The van der Waals surface area contributed by atoms with Gasteiger partial charge in [-0.3, -0.25) is 9.80 Å². The Labute approximate surface area is 99.8 Å². The Bertz CT molecular complexity index is 193. The molecule has 0 aromatic rings. The molecular formula is C12H26N4. The fourth-order valence-electron chi connectivity index (χ4n) is 2.52. The van der Waals surface area contributed by atoms with Gasteiger partial charge in [0.2, 0.25) is 0 Å². The van der Waals surface area contributed by atoms with E-state index in [4.69, 9.17) is 0 Å². The van der Waals surface area contributed by atoms with Crippen LogP contribution in [0.1, 0.15) is 6.92 Å². The van der Waals surface area contributed by atoms with E-state index < -0.39 is 0 Å². The lowest BCUT2D eigenvalue weighted by Crippen LogP contribution is -2.53. The fraction of sp³-hybridized carbons (Fsp3) is 1.00. The second kappa shape index (κ2) is 5.96. The molecule has 0 bridgehead atoms. The van der Waals surface area contributed by atoms with E-state index >= 15 is 0 Å². The summed E-state index contributed by atoms with van der Waals surface area (Å²) in [7, 11) is 2.22. The predicted molar refractivity (Wildman–Crippen MR) is 67.6 cm³/mol. The van der Waals surface area contributed by atoms with Crippen molar-refractivity contribution in [1.82, 2.24) is 19.6 Å². The van der Waals surface area contributed by atoms with Gasteiger partial charge in [-0.05, 0) is 13.6 Å². The van der Waals surface area contributed by atoms with Gasteiger partial charge in [0.05, 0.1) is 6.67 Å². The third kappa shape index (κ3) is 3.42. The molecule has 0 N–H and O–H groups in total. The van der Waals surface area contributed by atoms with E-state index in [2.05, 4.69) is 33.6 Å². The van der Waals surface area contributed by atoms with E-state index in [1.165, 1.54) is 65.6 Å². The lowest BCUT2D eigenvalue weighted by Gasteiger charge is -2.39. The number of likely N-dealkylation sites (N-methyl/N-ethyl adjacent to an activating group) is 2. The highest BCUT2D eigenvalue weighted by Crippen LogP contribution is 2.05. The molecule has 2 aliphatic heterocycles. The summed E-state index contributed by atoms with van der Waals surface area (Å²) in [6.07, 6.45) is 0. The smallest absolute Gasteiger partial charge is 0.0508 e. The quantitative estimate of drug-likeness (QED) is 0.662. The zero-order valence-electron chi connectivity index (χ0n) is 10.9. The van der Waals surface area contributed by atoms with Gasteiger partial charge in [0, 0.05) is 52.4 Å². The Morgan fingerprint density at radius 2 is 1.12 bits per heavy atom. The molecule has 0 aromatic carbocycles. The monoisotopic (exact) mass is 226 g/mol. The van der Waals surface area contributed by atoms with Gasteiger partial charge < -0.3 is 9.80 Å². The summed E-state index contributed by atoms with van der Waals surface area (Å²) in [6, 6.07) is 0. The fourth-order valence-corrected chi connectivity index (χ4v) is 2.52. The molecule has 0 saturated carbocycles. The molecule has 2 saturated heterocycles. The average molecular weight is 226 g/mol. The SMILES string of the molecule is CCN1CCN(CN2CCN(C)CC2)CC1. The number of nitrogens with zero attached hydrogens (tertiary/aromatic N) is 4. The molecule has 94 valence electrons. The molecule has 0 amide bonds. The number of hydrogen-bond acceptors (Lipinski definition) is 4. The molecule has 0 aromatic heterocycles. The minimum atomic E-state index is 1.19. The van der Waals surface area contributed by atoms with Crippen molar-refractivity contribution >= 4 is 0 Å². The topological polar surface area (TPSA) is 13.0 Å². The number of hydrogen-bond donors (Lipinski definition) is 0. The van der Waals surface area contributed by atoms with Crippen LogP contribution < -0.4 is 0 Å².